The van der Waals surface area contributed by atoms with Crippen molar-refractivity contribution in [2.24, 2.45) is 34.5 Å². The monoisotopic (exact) mass is 400 g/mol. The van der Waals surface area contributed by atoms with E-state index < -0.39 is 11.2 Å². The van der Waals surface area contributed by atoms with Crippen LogP contribution in [0, 0.1) is 34.5 Å². The van der Waals surface area contributed by atoms with E-state index in [0.717, 1.165) is 55.8 Å². The molecule has 29 heavy (non-hydrogen) atoms. The molecule has 0 aliphatic heterocycles. The van der Waals surface area contributed by atoms with Crippen LogP contribution < -0.4 is 0 Å². The van der Waals surface area contributed by atoms with Crippen molar-refractivity contribution in [1.29, 1.82) is 0 Å². The van der Waals surface area contributed by atoms with E-state index in [-0.39, 0.29) is 0 Å². The van der Waals surface area contributed by atoms with Gasteiger partial charge >= 0.3 is 0 Å². The summed E-state index contributed by atoms with van der Waals surface area (Å²) in [7, 11) is 0. The van der Waals surface area contributed by atoms with Gasteiger partial charge in [0.2, 0.25) is 0 Å². The molecule has 164 valence electrons. The molecule has 0 bridgehead atoms. The van der Waals surface area contributed by atoms with E-state index in [1.807, 2.05) is 13.8 Å². The minimum atomic E-state index is -0.710. The number of fused-ring (bicyclic) bond motifs is 5. The van der Waals surface area contributed by atoms with E-state index in [0.29, 0.717) is 10.8 Å². The molecule has 4 aliphatic rings. The largest absolute Gasteiger partial charge is 0.390 e. The Morgan fingerprint density at radius 1 is 1.14 bits per heavy atom. The van der Waals surface area contributed by atoms with Crippen molar-refractivity contribution in [3.8, 4) is 0 Å². The van der Waals surface area contributed by atoms with Gasteiger partial charge in [-0.15, -0.1) is 6.58 Å². The van der Waals surface area contributed by atoms with E-state index in [1.165, 1.54) is 38.5 Å². The van der Waals surface area contributed by atoms with Gasteiger partial charge in [-0.25, -0.2) is 0 Å². The highest BCUT2D eigenvalue weighted by Crippen LogP contribution is 2.67. The van der Waals surface area contributed by atoms with Crippen LogP contribution in [-0.4, -0.2) is 21.4 Å². The van der Waals surface area contributed by atoms with Crippen molar-refractivity contribution in [3.05, 3.63) is 24.3 Å². The average molecular weight is 401 g/mol. The fourth-order valence-electron chi connectivity index (χ4n) is 8.20. The molecule has 0 saturated heterocycles. The fraction of sp³-hybridized carbons (Fsp3) is 0.852. The first-order chi connectivity index (χ1) is 13.5. The van der Waals surface area contributed by atoms with E-state index in [9.17, 15) is 10.2 Å². The third-order valence-electron chi connectivity index (χ3n) is 10.3. The first-order valence-electron chi connectivity index (χ1n) is 12.3. The molecule has 0 heterocycles. The number of hydrogen-bond donors (Lipinski definition) is 2. The molecule has 0 aromatic heterocycles. The molecule has 0 spiro atoms. The molecule has 3 fully saturated rings. The fourth-order valence-corrected chi connectivity index (χ4v) is 8.20. The van der Waals surface area contributed by atoms with Crippen molar-refractivity contribution in [2.75, 3.05) is 0 Å². The molecule has 0 unspecified atom stereocenters. The molecular formula is C27H44O2. The second-order valence-electron chi connectivity index (χ2n) is 12.2. The topological polar surface area (TPSA) is 40.5 Å². The van der Waals surface area contributed by atoms with Gasteiger partial charge in [-0.05, 0) is 119 Å². The summed E-state index contributed by atoms with van der Waals surface area (Å²) in [5.74, 6) is 3.34. The summed E-state index contributed by atoms with van der Waals surface area (Å²) in [5, 5.41) is 20.9. The highest BCUT2D eigenvalue weighted by molar-refractivity contribution is 5.26. The third kappa shape index (κ3) is 3.67. The quantitative estimate of drug-likeness (QED) is 0.522. The van der Waals surface area contributed by atoms with Crippen molar-refractivity contribution < 1.29 is 10.2 Å². The molecule has 2 nitrogen and oxygen atoms in total. The molecule has 2 heteroatoms. The highest BCUT2D eigenvalue weighted by Gasteiger charge is 2.58. The molecule has 0 radical (unpaired) electrons. The summed E-state index contributed by atoms with van der Waals surface area (Å²) in [6.07, 6.45) is 17.2. The molecule has 0 amide bonds. The van der Waals surface area contributed by atoms with Crippen LogP contribution in [0.4, 0.5) is 0 Å². The van der Waals surface area contributed by atoms with Gasteiger partial charge in [-0.2, -0.15) is 0 Å². The Labute approximate surface area is 178 Å². The van der Waals surface area contributed by atoms with Gasteiger partial charge in [0.1, 0.15) is 0 Å². The Morgan fingerprint density at radius 2 is 1.90 bits per heavy atom. The zero-order chi connectivity index (χ0) is 21.1. The van der Waals surface area contributed by atoms with Gasteiger partial charge in [-0.1, -0.05) is 31.6 Å². The normalized spacial score (nSPS) is 48.7. The van der Waals surface area contributed by atoms with Crippen LogP contribution in [0.1, 0.15) is 98.3 Å². The van der Waals surface area contributed by atoms with Crippen molar-refractivity contribution >= 4 is 0 Å². The van der Waals surface area contributed by atoms with Crippen molar-refractivity contribution in [1.82, 2.24) is 0 Å². The number of hydrogen-bond acceptors (Lipinski definition) is 2. The van der Waals surface area contributed by atoms with Crippen LogP contribution in [0.15, 0.2) is 24.3 Å². The summed E-state index contributed by atoms with van der Waals surface area (Å²) < 4.78 is 0. The summed E-state index contributed by atoms with van der Waals surface area (Å²) in [6.45, 7) is 12.8. The predicted octanol–water partition coefficient (Wildman–Crippen LogP) is 6.42. The number of rotatable bonds is 5. The maximum Gasteiger partial charge on any atom is 0.0797 e. The van der Waals surface area contributed by atoms with Crippen molar-refractivity contribution in [2.45, 2.75) is 110 Å². The van der Waals surface area contributed by atoms with E-state index in [2.05, 4.69) is 26.5 Å². The Hall–Kier alpha value is -0.600. The molecule has 3 saturated carbocycles. The summed E-state index contributed by atoms with van der Waals surface area (Å²) in [6, 6.07) is 0. The Balaban J connectivity index is 1.48. The van der Waals surface area contributed by atoms with Gasteiger partial charge in [0, 0.05) is 0 Å². The molecule has 4 rings (SSSR count). The van der Waals surface area contributed by atoms with E-state index in [4.69, 9.17) is 0 Å². The second-order valence-corrected chi connectivity index (χ2v) is 12.2. The first-order valence-corrected chi connectivity index (χ1v) is 12.3. The van der Waals surface area contributed by atoms with Crippen LogP contribution in [0.3, 0.4) is 0 Å². The molecule has 0 aromatic rings. The third-order valence-corrected chi connectivity index (χ3v) is 10.3. The molecular weight excluding hydrogens is 356 g/mol. The SMILES string of the molecule is C=C[C@](C)(O)CCC[C@H]1CC[C@H]2[C@@H]3CC=C4C[C@@](C)(O)CC[C@]4(C)[C@H]3CC[C@]12C. The van der Waals surface area contributed by atoms with Crippen molar-refractivity contribution in [3.63, 3.8) is 0 Å². The van der Waals surface area contributed by atoms with E-state index in [1.54, 1.807) is 11.6 Å². The van der Waals surface area contributed by atoms with Gasteiger partial charge in [0.25, 0.3) is 0 Å². The summed E-state index contributed by atoms with van der Waals surface area (Å²) >= 11 is 0. The molecule has 4 aliphatic carbocycles. The predicted molar refractivity (Wildman–Crippen MR) is 120 cm³/mol. The van der Waals surface area contributed by atoms with Gasteiger partial charge in [0.05, 0.1) is 11.2 Å². The van der Waals surface area contributed by atoms with Crippen LogP contribution in [-0.2, 0) is 0 Å². The molecule has 8 atom stereocenters. The van der Waals surface area contributed by atoms with Crippen LogP contribution in [0.2, 0.25) is 0 Å². The van der Waals surface area contributed by atoms with Gasteiger partial charge < -0.3 is 10.2 Å². The minimum Gasteiger partial charge on any atom is -0.390 e. The average Bonchev–Trinajstić information content (AvgIpc) is 2.99. The highest BCUT2D eigenvalue weighted by atomic mass is 16.3. The van der Waals surface area contributed by atoms with Crippen LogP contribution in [0.25, 0.3) is 0 Å². The lowest BCUT2D eigenvalue weighted by molar-refractivity contribution is -0.0663. The molecule has 2 N–H and O–H groups in total. The van der Waals surface area contributed by atoms with E-state index >= 15 is 0 Å². The smallest absolute Gasteiger partial charge is 0.0797 e. The lowest BCUT2D eigenvalue weighted by Gasteiger charge is -2.59. The zero-order valence-corrected chi connectivity index (χ0v) is 19.3. The molecule has 0 aromatic carbocycles. The maximum atomic E-state index is 10.6. The summed E-state index contributed by atoms with van der Waals surface area (Å²) in [4.78, 5) is 0. The first kappa shape index (κ1) is 21.6. The van der Waals surface area contributed by atoms with Gasteiger partial charge in [-0.3, -0.25) is 0 Å². The Morgan fingerprint density at radius 3 is 2.62 bits per heavy atom. The standard InChI is InChI=1S/C27H44O2/c1-6-24(2,28)14-7-8-19-10-12-22-21-11-9-20-18-25(3,29)16-17-27(20,5)23(21)13-15-26(19,22)4/h6,9,19,21-23,28-29H,1,7-8,10-18H2,2-5H3/t19-,21-,22-,23-,24-,25-,26+,27-/m0/s1. The lowest BCUT2D eigenvalue weighted by atomic mass is 9.46. The maximum absolute atomic E-state index is 10.6. The zero-order valence-electron chi connectivity index (χ0n) is 19.3. The lowest BCUT2D eigenvalue weighted by Crippen LogP contribution is -2.51. The van der Waals surface area contributed by atoms with Crippen LogP contribution in [0.5, 0.6) is 0 Å². The van der Waals surface area contributed by atoms with Gasteiger partial charge in [0.15, 0.2) is 0 Å². The Kier molecular flexibility index (Phi) is 5.39. The second kappa shape index (κ2) is 7.23. The number of aliphatic hydroxyl groups is 2. The number of allylic oxidation sites excluding steroid dienone is 1. The summed E-state index contributed by atoms with van der Waals surface area (Å²) in [5.41, 5.74) is 1.18. The Bertz CT molecular complexity index is 674. The van der Waals surface area contributed by atoms with Crippen LogP contribution >= 0.6 is 0 Å². The minimum absolute atomic E-state index is 0.327.